The van der Waals surface area contributed by atoms with Crippen molar-refractivity contribution in [3.05, 3.63) is 63.6 Å². The number of thioether (sulfide) groups is 1. The Morgan fingerprint density at radius 1 is 1.15 bits per heavy atom. The molecule has 0 atom stereocenters. The Hall–Kier alpha value is -2.27. The first-order chi connectivity index (χ1) is 13.1. The van der Waals surface area contributed by atoms with Crippen LogP contribution in [0.25, 0.3) is 11.5 Å². The molecular weight excluding hydrogens is 452 g/mol. The number of carbonyl (C=O) groups is 1. The average Bonchev–Trinajstić information content (AvgIpc) is 3.14. The van der Waals surface area contributed by atoms with Gasteiger partial charge in [0.05, 0.1) is 16.3 Å². The number of nitrogens with zero attached hydrogens (tertiary/aromatic N) is 2. The molecule has 0 N–H and O–H groups in total. The van der Waals surface area contributed by atoms with Gasteiger partial charge in [-0.1, -0.05) is 63.3 Å². The molecule has 0 aliphatic carbocycles. The molecule has 3 aromatic rings. The highest BCUT2D eigenvalue weighted by atomic mass is 79.9. The van der Waals surface area contributed by atoms with E-state index in [0.29, 0.717) is 27.5 Å². The van der Waals surface area contributed by atoms with E-state index in [-0.39, 0.29) is 6.61 Å². The van der Waals surface area contributed by atoms with E-state index in [2.05, 4.69) is 38.0 Å². The third-order valence-electron chi connectivity index (χ3n) is 3.26. The summed E-state index contributed by atoms with van der Waals surface area (Å²) in [6, 6.07) is 14.3. The van der Waals surface area contributed by atoms with Crippen LogP contribution in [-0.4, -0.2) is 28.5 Å². The molecule has 1 heterocycles. The van der Waals surface area contributed by atoms with Gasteiger partial charge in [-0.2, -0.15) is 0 Å². The van der Waals surface area contributed by atoms with Crippen LogP contribution in [0.15, 0.2) is 62.6 Å². The molecule has 5 nitrogen and oxygen atoms in total. The SMILES string of the molecule is O=C(OCC#CCSc1nnc(-c2ccc(Br)cc2)o1)c1ccccc1Cl. The zero-order chi connectivity index (χ0) is 19.1. The van der Waals surface area contributed by atoms with Crippen LogP contribution in [0.4, 0.5) is 0 Å². The third kappa shape index (κ3) is 5.60. The lowest BCUT2D eigenvalue weighted by Crippen LogP contribution is -2.05. The fourth-order valence-corrected chi connectivity index (χ4v) is 2.99. The first-order valence-electron chi connectivity index (χ1n) is 7.73. The van der Waals surface area contributed by atoms with E-state index in [4.69, 9.17) is 20.8 Å². The van der Waals surface area contributed by atoms with Crippen molar-refractivity contribution in [3.8, 4) is 23.3 Å². The number of ether oxygens (including phenoxy) is 1. The minimum absolute atomic E-state index is 0.0153. The van der Waals surface area contributed by atoms with Crippen molar-refractivity contribution in [3.63, 3.8) is 0 Å². The molecule has 0 radical (unpaired) electrons. The zero-order valence-electron chi connectivity index (χ0n) is 13.8. The first-order valence-corrected chi connectivity index (χ1v) is 9.89. The van der Waals surface area contributed by atoms with E-state index < -0.39 is 5.97 Å². The fraction of sp³-hybridized carbons (Fsp3) is 0.105. The van der Waals surface area contributed by atoms with Crippen LogP contribution in [0.3, 0.4) is 0 Å². The Morgan fingerprint density at radius 3 is 2.70 bits per heavy atom. The van der Waals surface area contributed by atoms with Gasteiger partial charge in [-0.25, -0.2) is 4.79 Å². The maximum absolute atomic E-state index is 11.9. The summed E-state index contributed by atoms with van der Waals surface area (Å²) in [4.78, 5) is 11.9. The van der Waals surface area contributed by atoms with Crippen LogP contribution in [0.1, 0.15) is 10.4 Å². The van der Waals surface area contributed by atoms with Gasteiger partial charge in [-0.05, 0) is 36.4 Å². The Kier molecular flexibility index (Phi) is 6.93. The molecule has 8 heteroatoms. The summed E-state index contributed by atoms with van der Waals surface area (Å²) in [7, 11) is 0. The average molecular weight is 464 g/mol. The Labute approximate surface area is 173 Å². The maximum atomic E-state index is 11.9. The summed E-state index contributed by atoms with van der Waals surface area (Å²) in [6.07, 6.45) is 0. The molecule has 136 valence electrons. The van der Waals surface area contributed by atoms with E-state index in [1.807, 2.05) is 24.3 Å². The number of carbonyl (C=O) groups excluding carboxylic acids is 1. The predicted octanol–water partition coefficient (Wildman–Crippen LogP) is 5.11. The van der Waals surface area contributed by atoms with Crippen molar-refractivity contribution in [1.29, 1.82) is 0 Å². The molecule has 1 aromatic heterocycles. The smallest absolute Gasteiger partial charge is 0.340 e. The summed E-state index contributed by atoms with van der Waals surface area (Å²) in [5.74, 6) is 6.03. The largest absolute Gasteiger partial charge is 0.449 e. The lowest BCUT2D eigenvalue weighted by molar-refractivity contribution is 0.0557. The molecule has 0 bridgehead atoms. The van der Waals surface area contributed by atoms with E-state index in [0.717, 1.165) is 10.0 Å². The summed E-state index contributed by atoms with van der Waals surface area (Å²) in [6.45, 7) is -0.0153. The molecule has 0 amide bonds. The zero-order valence-corrected chi connectivity index (χ0v) is 17.0. The van der Waals surface area contributed by atoms with Crippen molar-refractivity contribution in [2.75, 3.05) is 12.4 Å². The second-order valence-corrected chi connectivity index (χ2v) is 7.33. The van der Waals surface area contributed by atoms with Crippen molar-refractivity contribution in [2.24, 2.45) is 0 Å². The lowest BCUT2D eigenvalue weighted by atomic mass is 10.2. The molecule has 0 spiro atoms. The van der Waals surface area contributed by atoms with Gasteiger partial charge in [0.25, 0.3) is 5.22 Å². The Balaban J connectivity index is 1.45. The number of rotatable bonds is 5. The minimum atomic E-state index is -0.501. The van der Waals surface area contributed by atoms with Crippen LogP contribution in [0, 0.1) is 11.8 Å². The van der Waals surface area contributed by atoms with Crippen molar-refractivity contribution in [2.45, 2.75) is 5.22 Å². The topological polar surface area (TPSA) is 65.2 Å². The monoisotopic (exact) mass is 462 g/mol. The quantitative estimate of drug-likeness (QED) is 0.298. The van der Waals surface area contributed by atoms with Gasteiger partial charge < -0.3 is 9.15 Å². The van der Waals surface area contributed by atoms with Gasteiger partial charge >= 0.3 is 5.97 Å². The van der Waals surface area contributed by atoms with Crippen LogP contribution < -0.4 is 0 Å². The molecule has 0 saturated carbocycles. The highest BCUT2D eigenvalue weighted by molar-refractivity contribution is 9.10. The summed E-state index contributed by atoms with van der Waals surface area (Å²) in [5, 5.41) is 8.77. The van der Waals surface area contributed by atoms with Gasteiger partial charge in [0.2, 0.25) is 5.89 Å². The number of aromatic nitrogens is 2. The molecule has 0 aliphatic heterocycles. The molecule has 0 saturated heterocycles. The number of benzene rings is 2. The molecular formula is C19H12BrClN2O3S. The maximum Gasteiger partial charge on any atom is 0.340 e. The lowest BCUT2D eigenvalue weighted by Gasteiger charge is -2.02. The molecule has 0 aliphatic rings. The van der Waals surface area contributed by atoms with Crippen LogP contribution >= 0.6 is 39.3 Å². The molecule has 27 heavy (non-hydrogen) atoms. The fourth-order valence-electron chi connectivity index (χ4n) is 1.98. The van der Waals surface area contributed by atoms with E-state index in [1.54, 1.807) is 24.3 Å². The number of hydrogen-bond donors (Lipinski definition) is 0. The standard InChI is InChI=1S/C19H12BrClN2O3S/c20-14-9-7-13(8-10-14)17-22-23-19(26-17)27-12-4-3-11-25-18(24)15-5-1-2-6-16(15)21/h1-2,5-10H,11-12H2. The van der Waals surface area contributed by atoms with Crippen molar-refractivity contribution < 1.29 is 13.9 Å². The first kappa shape index (κ1) is 19.5. The van der Waals surface area contributed by atoms with Gasteiger partial charge in [0.1, 0.15) is 0 Å². The Morgan fingerprint density at radius 2 is 1.93 bits per heavy atom. The van der Waals surface area contributed by atoms with Gasteiger partial charge in [0, 0.05) is 10.0 Å². The van der Waals surface area contributed by atoms with Crippen molar-refractivity contribution >= 4 is 45.3 Å². The molecule has 2 aromatic carbocycles. The number of hydrogen-bond acceptors (Lipinski definition) is 6. The third-order valence-corrected chi connectivity index (χ3v) is 4.82. The highest BCUT2D eigenvalue weighted by Crippen LogP contribution is 2.24. The number of esters is 1. The predicted molar refractivity (Wildman–Crippen MR) is 108 cm³/mol. The Bertz CT molecular complexity index is 996. The minimum Gasteiger partial charge on any atom is -0.449 e. The van der Waals surface area contributed by atoms with E-state index in [9.17, 15) is 4.79 Å². The van der Waals surface area contributed by atoms with Gasteiger partial charge in [-0.3, -0.25) is 0 Å². The van der Waals surface area contributed by atoms with Gasteiger partial charge in [-0.15, -0.1) is 10.2 Å². The molecule has 3 rings (SSSR count). The van der Waals surface area contributed by atoms with E-state index in [1.165, 1.54) is 11.8 Å². The van der Waals surface area contributed by atoms with Crippen molar-refractivity contribution in [1.82, 2.24) is 10.2 Å². The van der Waals surface area contributed by atoms with Crippen LogP contribution in [-0.2, 0) is 4.74 Å². The normalized spacial score (nSPS) is 10.1. The molecule has 0 unspecified atom stereocenters. The van der Waals surface area contributed by atoms with E-state index >= 15 is 0 Å². The second kappa shape index (κ2) is 9.60. The summed E-state index contributed by atoms with van der Waals surface area (Å²) < 4.78 is 11.6. The summed E-state index contributed by atoms with van der Waals surface area (Å²) >= 11 is 10.6. The highest BCUT2D eigenvalue weighted by Gasteiger charge is 2.10. The second-order valence-electron chi connectivity index (χ2n) is 5.08. The number of halogens is 2. The molecule has 0 fully saturated rings. The summed E-state index contributed by atoms with van der Waals surface area (Å²) in [5.41, 5.74) is 1.16. The van der Waals surface area contributed by atoms with Gasteiger partial charge in [0.15, 0.2) is 6.61 Å². The van der Waals surface area contributed by atoms with Crippen LogP contribution in [0.2, 0.25) is 5.02 Å². The van der Waals surface area contributed by atoms with Crippen LogP contribution in [0.5, 0.6) is 0 Å².